The Morgan fingerprint density at radius 2 is 1.95 bits per heavy atom. The van der Waals surface area contributed by atoms with Crippen molar-refractivity contribution in [2.24, 2.45) is 0 Å². The Hall–Kier alpha value is -1.63. The molecule has 1 aromatic carbocycles. The molecule has 0 saturated heterocycles. The van der Waals surface area contributed by atoms with E-state index in [2.05, 4.69) is 5.32 Å². The number of rotatable bonds is 10. The Morgan fingerprint density at radius 3 is 2.55 bits per heavy atom. The van der Waals surface area contributed by atoms with Crippen LogP contribution in [0.3, 0.4) is 0 Å². The van der Waals surface area contributed by atoms with Gasteiger partial charge in [-0.15, -0.1) is 0 Å². The van der Waals surface area contributed by atoms with Crippen LogP contribution in [0.15, 0.2) is 24.3 Å². The second-order valence-electron chi connectivity index (χ2n) is 5.25. The molecule has 6 nitrogen and oxygen atoms in total. The van der Waals surface area contributed by atoms with Crippen molar-refractivity contribution in [1.82, 2.24) is 4.90 Å². The van der Waals surface area contributed by atoms with Gasteiger partial charge in [0.15, 0.2) is 0 Å². The van der Waals surface area contributed by atoms with Gasteiger partial charge in [0, 0.05) is 25.3 Å². The number of carbonyl (C=O) groups is 1. The number of benzene rings is 1. The smallest absolute Gasteiger partial charge is 0.225 e. The molecule has 1 rings (SSSR count). The summed E-state index contributed by atoms with van der Waals surface area (Å²) in [7, 11) is 3.86. The van der Waals surface area contributed by atoms with Crippen molar-refractivity contribution in [3.63, 3.8) is 0 Å². The average Bonchev–Trinajstić information content (AvgIpc) is 2.50. The summed E-state index contributed by atoms with van der Waals surface area (Å²) in [5.41, 5.74) is 0.728. The molecule has 2 N–H and O–H groups in total. The largest absolute Gasteiger partial charge is 0.491 e. The Kier molecular flexibility index (Phi) is 8.50. The van der Waals surface area contributed by atoms with Gasteiger partial charge >= 0.3 is 0 Å². The number of aliphatic hydroxyl groups is 1. The van der Waals surface area contributed by atoms with Crippen LogP contribution < -0.4 is 10.1 Å². The fourth-order valence-corrected chi connectivity index (χ4v) is 1.68. The van der Waals surface area contributed by atoms with Crippen LogP contribution in [0.5, 0.6) is 5.75 Å². The lowest BCUT2D eigenvalue weighted by molar-refractivity contribution is -0.116. The minimum atomic E-state index is -0.648. The van der Waals surface area contributed by atoms with Gasteiger partial charge in [-0.25, -0.2) is 0 Å². The van der Waals surface area contributed by atoms with E-state index in [-0.39, 0.29) is 19.1 Å². The van der Waals surface area contributed by atoms with Crippen LogP contribution in [0.1, 0.15) is 13.3 Å². The summed E-state index contributed by atoms with van der Waals surface area (Å²) in [5, 5.41) is 12.4. The molecule has 0 aromatic heterocycles. The van der Waals surface area contributed by atoms with E-state index in [1.807, 2.05) is 25.9 Å². The summed E-state index contributed by atoms with van der Waals surface area (Å²) in [6, 6.07) is 7.07. The zero-order valence-corrected chi connectivity index (χ0v) is 13.5. The van der Waals surface area contributed by atoms with Gasteiger partial charge < -0.3 is 24.8 Å². The van der Waals surface area contributed by atoms with Gasteiger partial charge in [0.05, 0.1) is 6.61 Å². The van der Waals surface area contributed by atoms with Gasteiger partial charge in [0.25, 0.3) is 0 Å². The number of hydrogen-bond donors (Lipinski definition) is 2. The van der Waals surface area contributed by atoms with E-state index in [4.69, 9.17) is 9.47 Å². The number of carbonyl (C=O) groups excluding carboxylic acids is 1. The van der Waals surface area contributed by atoms with Crippen molar-refractivity contribution in [1.29, 1.82) is 0 Å². The minimum absolute atomic E-state index is 0.0190. The van der Waals surface area contributed by atoms with Crippen LogP contribution in [-0.4, -0.2) is 62.5 Å². The number of nitrogens with zero attached hydrogens (tertiary/aromatic N) is 1. The molecule has 1 amide bonds. The molecule has 6 heteroatoms. The topological polar surface area (TPSA) is 71.0 Å². The molecule has 0 spiro atoms. The van der Waals surface area contributed by atoms with E-state index in [0.717, 1.165) is 5.69 Å². The zero-order valence-electron chi connectivity index (χ0n) is 13.5. The van der Waals surface area contributed by atoms with Gasteiger partial charge in [0.1, 0.15) is 18.5 Å². The minimum Gasteiger partial charge on any atom is -0.491 e. The lowest BCUT2D eigenvalue weighted by Crippen LogP contribution is -2.23. The lowest BCUT2D eigenvalue weighted by Gasteiger charge is -2.13. The number of aliphatic hydroxyl groups excluding tert-OH is 1. The molecule has 1 unspecified atom stereocenters. The second kappa shape index (κ2) is 10.2. The zero-order chi connectivity index (χ0) is 16.4. The molecule has 0 aliphatic carbocycles. The van der Waals surface area contributed by atoms with Gasteiger partial charge in [0.2, 0.25) is 5.91 Å². The Labute approximate surface area is 132 Å². The number of amides is 1. The first-order chi connectivity index (χ1) is 10.5. The van der Waals surface area contributed by atoms with E-state index in [1.165, 1.54) is 0 Å². The molecule has 0 aliphatic heterocycles. The van der Waals surface area contributed by atoms with E-state index in [0.29, 0.717) is 25.3 Å². The molecule has 0 heterocycles. The summed E-state index contributed by atoms with van der Waals surface area (Å²) in [6.45, 7) is 3.59. The maximum absolute atomic E-state index is 11.7. The number of hydrogen-bond acceptors (Lipinski definition) is 5. The highest BCUT2D eigenvalue weighted by Crippen LogP contribution is 2.16. The Balaban J connectivity index is 2.34. The second-order valence-corrected chi connectivity index (χ2v) is 5.25. The van der Waals surface area contributed by atoms with E-state index < -0.39 is 6.10 Å². The molecule has 0 radical (unpaired) electrons. The van der Waals surface area contributed by atoms with Crippen molar-refractivity contribution < 1.29 is 19.4 Å². The highest BCUT2D eigenvalue weighted by atomic mass is 16.5. The molecule has 1 aromatic rings. The van der Waals surface area contributed by atoms with E-state index >= 15 is 0 Å². The third-order valence-electron chi connectivity index (χ3n) is 2.88. The van der Waals surface area contributed by atoms with Crippen molar-refractivity contribution in [3.8, 4) is 5.75 Å². The normalized spacial score (nSPS) is 12.2. The molecule has 22 heavy (non-hydrogen) atoms. The van der Waals surface area contributed by atoms with Crippen molar-refractivity contribution in [2.45, 2.75) is 19.4 Å². The third kappa shape index (κ3) is 7.97. The quantitative estimate of drug-likeness (QED) is 0.683. The first kappa shape index (κ1) is 18.4. The van der Waals surface area contributed by atoms with Crippen LogP contribution >= 0.6 is 0 Å². The maximum atomic E-state index is 11.7. The highest BCUT2D eigenvalue weighted by molar-refractivity contribution is 5.90. The Bertz CT molecular complexity index is 434. The number of anilines is 1. The standard InChI is InChI=1S/C16H26N2O4/c1-4-21-11-14(19)12-22-15-7-5-13(6-8-15)17-16(20)9-10-18(2)3/h5-8,14,19H,4,9-12H2,1-3H3,(H,17,20). The fraction of sp³-hybridized carbons (Fsp3) is 0.562. The highest BCUT2D eigenvalue weighted by Gasteiger charge is 2.06. The van der Waals surface area contributed by atoms with Gasteiger partial charge in [-0.3, -0.25) is 4.79 Å². The fourth-order valence-electron chi connectivity index (χ4n) is 1.68. The monoisotopic (exact) mass is 310 g/mol. The van der Waals surface area contributed by atoms with E-state index in [9.17, 15) is 9.90 Å². The number of ether oxygens (including phenoxy) is 2. The van der Waals surface area contributed by atoms with Gasteiger partial charge in [-0.1, -0.05) is 0 Å². The van der Waals surface area contributed by atoms with Crippen LogP contribution in [0.2, 0.25) is 0 Å². The molecule has 0 saturated carbocycles. The third-order valence-corrected chi connectivity index (χ3v) is 2.88. The molecule has 0 bridgehead atoms. The van der Waals surface area contributed by atoms with Gasteiger partial charge in [-0.05, 0) is 45.3 Å². The lowest BCUT2D eigenvalue weighted by atomic mass is 10.3. The van der Waals surface area contributed by atoms with E-state index in [1.54, 1.807) is 24.3 Å². The molecule has 124 valence electrons. The SMILES string of the molecule is CCOCC(O)COc1ccc(NC(=O)CCN(C)C)cc1. The van der Waals surface area contributed by atoms with Crippen LogP contribution in [0, 0.1) is 0 Å². The van der Waals surface area contributed by atoms with Crippen molar-refractivity contribution >= 4 is 11.6 Å². The summed E-state index contributed by atoms with van der Waals surface area (Å²) >= 11 is 0. The molecular weight excluding hydrogens is 284 g/mol. The molecule has 1 atom stereocenters. The maximum Gasteiger partial charge on any atom is 0.225 e. The average molecular weight is 310 g/mol. The Morgan fingerprint density at radius 1 is 1.27 bits per heavy atom. The first-order valence-electron chi connectivity index (χ1n) is 7.44. The van der Waals surface area contributed by atoms with Crippen molar-refractivity contribution in [3.05, 3.63) is 24.3 Å². The summed E-state index contributed by atoms with van der Waals surface area (Å²) < 4.78 is 10.6. The van der Waals surface area contributed by atoms with Crippen LogP contribution in [-0.2, 0) is 9.53 Å². The van der Waals surface area contributed by atoms with Gasteiger partial charge in [-0.2, -0.15) is 0 Å². The predicted molar refractivity (Wildman–Crippen MR) is 86.2 cm³/mol. The molecular formula is C16H26N2O4. The summed E-state index contributed by atoms with van der Waals surface area (Å²) in [4.78, 5) is 13.7. The summed E-state index contributed by atoms with van der Waals surface area (Å²) in [6.07, 6.45) is -0.195. The predicted octanol–water partition coefficient (Wildman–Crippen LogP) is 1.35. The summed E-state index contributed by atoms with van der Waals surface area (Å²) in [5.74, 6) is 0.622. The van der Waals surface area contributed by atoms with Crippen LogP contribution in [0.25, 0.3) is 0 Å². The van der Waals surface area contributed by atoms with Crippen molar-refractivity contribution in [2.75, 3.05) is 45.8 Å². The molecule has 0 aliphatic rings. The first-order valence-corrected chi connectivity index (χ1v) is 7.44. The molecule has 0 fully saturated rings. The number of nitrogens with one attached hydrogen (secondary N) is 1. The van der Waals surface area contributed by atoms with Crippen LogP contribution in [0.4, 0.5) is 5.69 Å².